The van der Waals surface area contributed by atoms with Crippen molar-refractivity contribution in [2.75, 3.05) is 30.2 Å². The van der Waals surface area contributed by atoms with Crippen molar-refractivity contribution in [2.24, 2.45) is 0 Å². The number of benzene rings is 1. The minimum atomic E-state index is -4.33. The highest BCUT2D eigenvalue weighted by molar-refractivity contribution is 8.34. The van der Waals surface area contributed by atoms with E-state index in [1.54, 1.807) is 42.0 Å². The maximum atomic E-state index is 14.2. The van der Waals surface area contributed by atoms with Crippen LogP contribution in [0.3, 0.4) is 0 Å². The van der Waals surface area contributed by atoms with Crippen LogP contribution in [-0.2, 0) is 10.0 Å². The van der Waals surface area contributed by atoms with E-state index in [1.165, 1.54) is 47.7 Å². The highest BCUT2D eigenvalue weighted by atomic mass is 32.3. The van der Waals surface area contributed by atoms with Crippen LogP contribution in [-0.4, -0.2) is 69.5 Å². The number of hydrogen-bond donors (Lipinski definition) is 2. The lowest BCUT2D eigenvalue weighted by Gasteiger charge is -2.28. The molecule has 0 radical (unpaired) electrons. The molecule has 0 bridgehead atoms. The Morgan fingerprint density at radius 3 is 2.51 bits per heavy atom. The monoisotopic (exact) mass is 593 g/mol. The molecule has 0 saturated carbocycles. The lowest BCUT2D eigenvalue weighted by Crippen LogP contribution is -2.38. The molecule has 0 unspecified atom stereocenters. The van der Waals surface area contributed by atoms with Crippen molar-refractivity contribution < 1.29 is 27.8 Å². The van der Waals surface area contributed by atoms with Gasteiger partial charge in [0.2, 0.25) is 21.8 Å². The van der Waals surface area contributed by atoms with E-state index in [0.29, 0.717) is 11.5 Å². The zero-order valence-electron chi connectivity index (χ0n) is 22.3. The summed E-state index contributed by atoms with van der Waals surface area (Å²) in [6.45, 7) is 3.17. The summed E-state index contributed by atoms with van der Waals surface area (Å²) < 4.78 is 42.0. The van der Waals surface area contributed by atoms with Crippen LogP contribution in [0.2, 0.25) is 0 Å². The first kappa shape index (κ1) is 28.7. The van der Waals surface area contributed by atoms with E-state index in [2.05, 4.69) is 15.2 Å². The highest BCUT2D eigenvalue weighted by Gasteiger charge is 2.38. The second-order valence-electron chi connectivity index (χ2n) is 9.52. The zero-order chi connectivity index (χ0) is 28.5. The van der Waals surface area contributed by atoms with E-state index < -0.39 is 31.4 Å². The molecule has 2 N–H and O–H groups in total. The van der Waals surface area contributed by atoms with Crippen molar-refractivity contribution in [3.63, 3.8) is 0 Å². The van der Waals surface area contributed by atoms with E-state index in [1.807, 2.05) is 18.8 Å². The van der Waals surface area contributed by atoms with Crippen LogP contribution >= 0.6 is 21.4 Å². The number of nitrogens with zero attached hydrogens (tertiary/aromatic N) is 5. The maximum Gasteiger partial charge on any atom is 0.250 e. The van der Waals surface area contributed by atoms with Crippen molar-refractivity contribution in [3.8, 4) is 28.8 Å². The number of aryl methyl sites for hydroxylation is 1. The number of rotatable bonds is 10. The number of aromatic nitrogens is 4. The molecule has 4 rings (SSSR count). The summed E-state index contributed by atoms with van der Waals surface area (Å²) in [5, 5.41) is 32.5. The summed E-state index contributed by atoms with van der Waals surface area (Å²) in [5.41, 5.74) is 1.89. The first-order valence-corrected chi connectivity index (χ1v) is 17.1. The Balaban J connectivity index is 2.00. The van der Waals surface area contributed by atoms with E-state index in [9.17, 15) is 18.6 Å². The van der Waals surface area contributed by atoms with E-state index >= 15 is 0 Å². The second-order valence-corrected chi connectivity index (χ2v) is 16.5. The molecule has 11 nitrogen and oxygen atoms in total. The van der Waals surface area contributed by atoms with Crippen LogP contribution in [0.1, 0.15) is 24.5 Å². The van der Waals surface area contributed by atoms with E-state index in [4.69, 9.17) is 9.15 Å². The van der Waals surface area contributed by atoms with Crippen molar-refractivity contribution in [2.45, 2.75) is 25.2 Å². The standard InChI is InChI=1S/C25H31N5O6S3/c1-16-10-11-21(36-16)24-27-28-25(30(24)22-19(31)8-7-9-20(22)35-3)29(12-13-38(4,5)6)39(33,34)17(2)23(32)18-14-37-15-26-18/h7-15,17,23,31-32H,1-6H3/b13-12+/t17-,23+/m0/s1. The summed E-state index contributed by atoms with van der Waals surface area (Å²) in [4.78, 5) is 4.09. The van der Waals surface area contributed by atoms with Gasteiger partial charge in [-0.1, -0.05) is 6.07 Å². The average Bonchev–Trinajstić information content (AvgIpc) is 3.63. The van der Waals surface area contributed by atoms with Crippen LogP contribution in [0, 0.1) is 6.92 Å². The predicted octanol–water partition coefficient (Wildman–Crippen LogP) is 4.43. The second kappa shape index (κ2) is 11.0. The largest absolute Gasteiger partial charge is 0.506 e. The van der Waals surface area contributed by atoms with Gasteiger partial charge in [0.05, 0.1) is 18.3 Å². The molecule has 14 heteroatoms. The Hall–Kier alpha value is -3.33. The fourth-order valence-electron chi connectivity index (χ4n) is 3.69. The van der Waals surface area contributed by atoms with Crippen LogP contribution in [0.25, 0.3) is 17.3 Å². The van der Waals surface area contributed by atoms with Crippen LogP contribution in [0.4, 0.5) is 5.95 Å². The minimum Gasteiger partial charge on any atom is -0.506 e. The number of aliphatic hydroxyl groups is 1. The molecule has 210 valence electrons. The number of aliphatic hydroxyl groups excluding tert-OH is 1. The molecule has 39 heavy (non-hydrogen) atoms. The van der Waals surface area contributed by atoms with Crippen molar-refractivity contribution >= 4 is 37.3 Å². The number of phenols is 1. The Morgan fingerprint density at radius 1 is 1.18 bits per heavy atom. The van der Waals surface area contributed by atoms with Gasteiger partial charge < -0.3 is 19.4 Å². The van der Waals surface area contributed by atoms with Gasteiger partial charge in [-0.05, 0) is 62.3 Å². The number of sulfonamides is 1. The summed E-state index contributed by atoms with van der Waals surface area (Å²) >= 11 is 1.25. The van der Waals surface area contributed by atoms with Gasteiger partial charge in [0.15, 0.2) is 5.76 Å². The molecular formula is C25H31N5O6S3. The van der Waals surface area contributed by atoms with E-state index in [0.717, 1.165) is 4.31 Å². The number of para-hydroxylation sites is 1. The summed E-state index contributed by atoms with van der Waals surface area (Å²) in [7, 11) is -4.22. The summed E-state index contributed by atoms with van der Waals surface area (Å²) in [6, 6.07) is 8.08. The number of phenolic OH excluding ortho intramolecular Hbond substituents is 1. The minimum absolute atomic E-state index is 0.119. The predicted molar refractivity (Wildman–Crippen MR) is 154 cm³/mol. The smallest absolute Gasteiger partial charge is 0.250 e. The molecule has 0 spiro atoms. The fourth-order valence-corrected chi connectivity index (χ4v) is 6.24. The third kappa shape index (κ3) is 5.83. The van der Waals surface area contributed by atoms with Gasteiger partial charge in [0.1, 0.15) is 34.3 Å². The number of methoxy groups -OCH3 is 1. The van der Waals surface area contributed by atoms with E-state index in [-0.39, 0.29) is 34.7 Å². The third-order valence-electron chi connectivity index (χ3n) is 5.77. The molecular weight excluding hydrogens is 563 g/mol. The van der Waals surface area contributed by atoms with Crippen molar-refractivity contribution in [1.29, 1.82) is 0 Å². The van der Waals surface area contributed by atoms with Gasteiger partial charge in [0, 0.05) is 11.6 Å². The number of anilines is 1. The highest BCUT2D eigenvalue weighted by Crippen LogP contribution is 2.41. The normalized spacial score (nSPS) is 14.4. The van der Waals surface area contributed by atoms with Gasteiger partial charge >= 0.3 is 0 Å². The Morgan fingerprint density at radius 2 is 1.92 bits per heavy atom. The third-order valence-corrected chi connectivity index (χ3v) is 9.35. The molecule has 1 aromatic carbocycles. The number of thiazole rings is 1. The van der Waals surface area contributed by atoms with Gasteiger partial charge in [0.25, 0.3) is 0 Å². The lowest BCUT2D eigenvalue weighted by atomic mass is 10.2. The van der Waals surface area contributed by atoms with Crippen molar-refractivity contribution in [1.82, 2.24) is 19.7 Å². The molecule has 0 saturated heterocycles. The molecule has 2 atom stereocenters. The number of hydrogen-bond acceptors (Lipinski definition) is 10. The quantitative estimate of drug-likeness (QED) is 0.273. The number of aromatic hydroxyl groups is 1. The van der Waals surface area contributed by atoms with Crippen LogP contribution in [0.5, 0.6) is 11.5 Å². The van der Waals surface area contributed by atoms with Crippen LogP contribution < -0.4 is 9.04 Å². The fraction of sp³-hybridized carbons (Fsp3) is 0.320. The topological polar surface area (TPSA) is 144 Å². The van der Waals surface area contributed by atoms with Gasteiger partial charge in [-0.15, -0.1) is 21.5 Å². The SMILES string of the molecule is COc1cccc(O)c1-n1c(-c2ccc(C)o2)nnc1N(/C=C/S(C)(C)C)S(=O)(=O)[C@@H](C)[C@@H](O)c1cscn1. The Kier molecular flexibility index (Phi) is 8.12. The number of ether oxygens (including phenoxy) is 1. The zero-order valence-corrected chi connectivity index (χ0v) is 24.8. The lowest BCUT2D eigenvalue weighted by molar-refractivity contribution is 0.172. The molecule has 0 amide bonds. The molecule has 4 aromatic rings. The van der Waals surface area contributed by atoms with Crippen molar-refractivity contribution in [3.05, 3.63) is 64.3 Å². The molecule has 0 aliphatic carbocycles. The van der Waals surface area contributed by atoms with Gasteiger partial charge in [-0.25, -0.2) is 27.7 Å². The van der Waals surface area contributed by atoms with Crippen LogP contribution in [0.15, 0.2) is 57.2 Å². The first-order valence-electron chi connectivity index (χ1n) is 11.7. The molecule has 0 aliphatic rings. The first-order chi connectivity index (χ1) is 18.3. The Labute approximate surface area is 232 Å². The number of furan rings is 1. The molecule has 0 fully saturated rings. The van der Waals surface area contributed by atoms with Gasteiger partial charge in [-0.3, -0.25) is 4.57 Å². The maximum absolute atomic E-state index is 14.2. The Bertz CT molecular complexity index is 1570. The summed E-state index contributed by atoms with van der Waals surface area (Å²) in [6.07, 6.45) is 6.00. The molecule has 3 aromatic heterocycles. The summed E-state index contributed by atoms with van der Waals surface area (Å²) in [5.74, 6) is 0.941. The molecule has 3 heterocycles. The average molecular weight is 594 g/mol. The molecule has 0 aliphatic heterocycles. The van der Waals surface area contributed by atoms with Gasteiger partial charge in [-0.2, -0.15) is 0 Å².